The Morgan fingerprint density at radius 1 is 0.852 bits per heavy atom. The van der Waals surface area contributed by atoms with Crippen molar-refractivity contribution in [3.63, 3.8) is 0 Å². The van der Waals surface area contributed by atoms with Gasteiger partial charge in [0.2, 0.25) is 0 Å². The number of aromatic nitrogens is 1. The van der Waals surface area contributed by atoms with Crippen LogP contribution in [0.1, 0.15) is 28.3 Å². The number of aliphatic imine (C=N–C) groups is 1. The number of benzodiazepines with no additional fused rings is 1. The normalized spacial score (nSPS) is 16.7. The summed E-state index contributed by atoms with van der Waals surface area (Å²) in [4.78, 5) is 8.62. The van der Waals surface area contributed by atoms with Crippen LogP contribution in [0.2, 0.25) is 0 Å². The number of nitrogens with zero attached hydrogens (tertiary/aromatic N) is 2. The third kappa shape index (κ3) is 3.43. The number of halogens is 3. The van der Waals surface area contributed by atoms with Crippen molar-refractivity contribution in [3.05, 3.63) is 95.3 Å². The van der Waals surface area contributed by atoms with Gasteiger partial charge in [-0.3, -0.25) is 9.98 Å². The van der Waals surface area contributed by atoms with Crippen molar-refractivity contribution in [1.82, 2.24) is 4.98 Å². The number of anilines is 1. The number of para-hydroxylation sites is 1. The molecule has 3 aromatic rings. The second-order valence-corrected chi connectivity index (χ2v) is 6.26. The Bertz CT molecular complexity index is 981. The maximum atomic E-state index is 13.5. The van der Waals surface area contributed by atoms with Crippen molar-refractivity contribution in [2.45, 2.75) is 12.2 Å². The number of alkyl halides is 3. The fourth-order valence-electron chi connectivity index (χ4n) is 3.27. The molecule has 1 aliphatic rings. The minimum Gasteiger partial charge on any atom is -0.376 e. The first kappa shape index (κ1) is 17.3. The summed E-state index contributed by atoms with van der Waals surface area (Å²) in [5.41, 5.74) is 2.16. The molecule has 1 aromatic heterocycles. The van der Waals surface area contributed by atoms with E-state index >= 15 is 0 Å². The molecule has 1 N–H and O–H groups in total. The van der Waals surface area contributed by atoms with Crippen LogP contribution < -0.4 is 5.32 Å². The Kier molecular flexibility index (Phi) is 4.39. The van der Waals surface area contributed by atoms with E-state index < -0.39 is 11.7 Å². The van der Waals surface area contributed by atoms with Crippen LogP contribution >= 0.6 is 0 Å². The first-order valence-electron chi connectivity index (χ1n) is 8.51. The molecule has 0 spiro atoms. The van der Waals surface area contributed by atoms with Crippen LogP contribution in [0.25, 0.3) is 0 Å². The molecule has 0 bridgehead atoms. The van der Waals surface area contributed by atoms with Gasteiger partial charge in [-0.15, -0.1) is 0 Å². The molecule has 27 heavy (non-hydrogen) atoms. The van der Waals surface area contributed by atoms with Gasteiger partial charge in [0.05, 0.1) is 23.9 Å². The Hall–Kier alpha value is -3.15. The lowest BCUT2D eigenvalue weighted by atomic mass is 9.96. The summed E-state index contributed by atoms with van der Waals surface area (Å²) < 4.78 is 40.6. The Balaban J connectivity index is 1.86. The highest BCUT2D eigenvalue weighted by atomic mass is 19.4. The van der Waals surface area contributed by atoms with E-state index in [9.17, 15) is 13.2 Å². The summed E-state index contributed by atoms with van der Waals surface area (Å²) in [6.45, 7) is 0.320. The molecule has 0 amide bonds. The molecular formula is C21H16F3N3. The van der Waals surface area contributed by atoms with Crippen molar-refractivity contribution in [2.24, 2.45) is 4.99 Å². The van der Waals surface area contributed by atoms with Crippen molar-refractivity contribution in [3.8, 4) is 0 Å². The lowest BCUT2D eigenvalue weighted by Crippen LogP contribution is -2.14. The van der Waals surface area contributed by atoms with Crippen LogP contribution in [0.3, 0.4) is 0 Å². The van der Waals surface area contributed by atoms with E-state index in [1.807, 2.05) is 24.3 Å². The third-order valence-electron chi connectivity index (χ3n) is 4.54. The predicted molar refractivity (Wildman–Crippen MR) is 99.0 cm³/mol. The summed E-state index contributed by atoms with van der Waals surface area (Å²) in [5.74, 6) is 0. The van der Waals surface area contributed by atoms with E-state index in [-0.39, 0.29) is 11.6 Å². The average Bonchev–Trinajstić information content (AvgIpc) is 2.88. The molecule has 1 unspecified atom stereocenters. The highest BCUT2D eigenvalue weighted by molar-refractivity contribution is 6.17. The SMILES string of the molecule is FC(F)(F)c1ccccc1C1=NCC(c2ccncc2)Nc2ccccc21. The van der Waals surface area contributed by atoms with Gasteiger partial charge in [-0.05, 0) is 29.8 Å². The quantitative estimate of drug-likeness (QED) is 0.684. The molecule has 1 aliphatic heterocycles. The number of rotatable bonds is 2. The van der Waals surface area contributed by atoms with Crippen LogP contribution in [-0.2, 0) is 6.18 Å². The summed E-state index contributed by atoms with van der Waals surface area (Å²) in [7, 11) is 0. The van der Waals surface area contributed by atoms with Gasteiger partial charge >= 0.3 is 6.18 Å². The summed E-state index contributed by atoms with van der Waals surface area (Å²) in [6, 6.07) is 16.5. The van der Waals surface area contributed by atoms with Crippen LogP contribution in [0, 0.1) is 0 Å². The first-order valence-corrected chi connectivity index (χ1v) is 8.51. The van der Waals surface area contributed by atoms with Gasteiger partial charge in [0.25, 0.3) is 0 Å². The first-order chi connectivity index (χ1) is 13.0. The molecule has 136 valence electrons. The van der Waals surface area contributed by atoms with E-state index in [0.29, 0.717) is 17.8 Å². The van der Waals surface area contributed by atoms with Gasteiger partial charge in [0.15, 0.2) is 0 Å². The third-order valence-corrected chi connectivity index (χ3v) is 4.54. The highest BCUT2D eigenvalue weighted by Crippen LogP contribution is 2.35. The second-order valence-electron chi connectivity index (χ2n) is 6.26. The fraction of sp³-hybridized carbons (Fsp3) is 0.143. The second kappa shape index (κ2) is 6.87. The van der Waals surface area contributed by atoms with Crippen LogP contribution in [0.4, 0.5) is 18.9 Å². The zero-order chi connectivity index (χ0) is 18.9. The molecule has 4 rings (SSSR count). The molecule has 0 saturated carbocycles. The molecule has 6 heteroatoms. The topological polar surface area (TPSA) is 37.3 Å². The monoisotopic (exact) mass is 367 g/mol. The zero-order valence-corrected chi connectivity index (χ0v) is 14.2. The molecule has 2 heterocycles. The minimum atomic E-state index is -4.45. The molecule has 0 saturated heterocycles. The van der Waals surface area contributed by atoms with E-state index in [4.69, 9.17) is 0 Å². The summed E-state index contributed by atoms with van der Waals surface area (Å²) in [5, 5.41) is 3.41. The molecule has 3 nitrogen and oxygen atoms in total. The number of benzene rings is 2. The van der Waals surface area contributed by atoms with Gasteiger partial charge < -0.3 is 5.32 Å². The Labute approximate surface area is 154 Å². The minimum absolute atomic E-state index is 0.0922. The molecular weight excluding hydrogens is 351 g/mol. The van der Waals surface area contributed by atoms with Gasteiger partial charge in [-0.1, -0.05) is 36.4 Å². The number of nitrogens with one attached hydrogen (secondary N) is 1. The number of hydrogen-bond acceptors (Lipinski definition) is 3. The smallest absolute Gasteiger partial charge is 0.376 e. The van der Waals surface area contributed by atoms with Crippen molar-refractivity contribution >= 4 is 11.4 Å². The maximum Gasteiger partial charge on any atom is 0.417 e. The van der Waals surface area contributed by atoms with Crippen molar-refractivity contribution in [1.29, 1.82) is 0 Å². The van der Waals surface area contributed by atoms with Crippen molar-refractivity contribution in [2.75, 3.05) is 11.9 Å². The molecule has 0 radical (unpaired) electrons. The lowest BCUT2D eigenvalue weighted by Gasteiger charge is -2.18. The number of pyridine rings is 1. The standard InChI is InChI=1S/C21H16F3N3/c22-21(23,24)17-7-3-1-5-15(17)20-16-6-2-4-8-18(16)27-19(13-26-20)14-9-11-25-12-10-14/h1-12,19,27H,13H2. The number of hydrogen-bond donors (Lipinski definition) is 1. The van der Waals surface area contributed by atoms with Crippen LogP contribution in [-0.4, -0.2) is 17.2 Å². The predicted octanol–water partition coefficient (Wildman–Crippen LogP) is 5.10. The number of fused-ring (bicyclic) bond motifs is 1. The van der Waals surface area contributed by atoms with Crippen molar-refractivity contribution < 1.29 is 13.2 Å². The average molecular weight is 367 g/mol. The Morgan fingerprint density at radius 3 is 2.26 bits per heavy atom. The van der Waals surface area contributed by atoms with Gasteiger partial charge in [-0.25, -0.2) is 0 Å². The molecule has 1 atom stereocenters. The summed E-state index contributed by atoms with van der Waals surface area (Å²) in [6.07, 6.45) is -1.06. The largest absolute Gasteiger partial charge is 0.417 e. The van der Waals surface area contributed by atoms with E-state index in [1.165, 1.54) is 12.1 Å². The van der Waals surface area contributed by atoms with Crippen LogP contribution in [0.5, 0.6) is 0 Å². The van der Waals surface area contributed by atoms with E-state index in [1.54, 1.807) is 30.6 Å². The van der Waals surface area contributed by atoms with E-state index in [0.717, 1.165) is 17.3 Å². The van der Waals surface area contributed by atoms with Gasteiger partial charge in [-0.2, -0.15) is 13.2 Å². The van der Waals surface area contributed by atoms with Gasteiger partial charge in [0, 0.05) is 29.2 Å². The fourth-order valence-corrected chi connectivity index (χ4v) is 3.27. The van der Waals surface area contributed by atoms with Gasteiger partial charge in [0.1, 0.15) is 0 Å². The highest BCUT2D eigenvalue weighted by Gasteiger charge is 2.35. The molecule has 0 fully saturated rings. The molecule has 0 aliphatic carbocycles. The molecule has 2 aromatic carbocycles. The van der Waals surface area contributed by atoms with Crippen LogP contribution in [0.15, 0.2) is 78.0 Å². The zero-order valence-electron chi connectivity index (χ0n) is 14.2. The van der Waals surface area contributed by atoms with E-state index in [2.05, 4.69) is 15.3 Å². The maximum absolute atomic E-state index is 13.5. The summed E-state index contributed by atoms with van der Waals surface area (Å²) >= 11 is 0. The Morgan fingerprint density at radius 2 is 1.52 bits per heavy atom. The lowest BCUT2D eigenvalue weighted by molar-refractivity contribution is -0.137.